The summed E-state index contributed by atoms with van der Waals surface area (Å²) in [6.07, 6.45) is -3.56. The molecular weight excluding hydrogens is 271 g/mol. The molecule has 0 aliphatic rings. The first-order valence-electron chi connectivity index (χ1n) is 5.57. The van der Waals surface area contributed by atoms with Crippen LogP contribution in [0.3, 0.4) is 0 Å². The fourth-order valence-electron chi connectivity index (χ4n) is 1.54. The number of pyridine rings is 1. The maximum absolute atomic E-state index is 12.3. The van der Waals surface area contributed by atoms with Gasteiger partial charge in [0.2, 0.25) is 0 Å². The van der Waals surface area contributed by atoms with Crippen LogP contribution in [0, 0.1) is 0 Å². The van der Waals surface area contributed by atoms with Gasteiger partial charge in [0.1, 0.15) is 5.69 Å². The Labute approximate surface area is 112 Å². The maximum Gasteiger partial charge on any atom is 0.433 e. The second-order valence-electron chi connectivity index (χ2n) is 3.97. The van der Waals surface area contributed by atoms with E-state index in [1.807, 2.05) is 0 Å². The van der Waals surface area contributed by atoms with E-state index < -0.39 is 17.8 Å². The lowest BCUT2D eigenvalue weighted by Crippen LogP contribution is -2.15. The van der Waals surface area contributed by atoms with Crippen molar-refractivity contribution < 1.29 is 18.0 Å². The van der Waals surface area contributed by atoms with Crippen LogP contribution in [0.2, 0.25) is 0 Å². The van der Waals surface area contributed by atoms with Gasteiger partial charge in [0, 0.05) is 5.69 Å². The predicted molar refractivity (Wildman–Crippen MR) is 68.0 cm³/mol. The second-order valence-corrected chi connectivity index (χ2v) is 3.97. The first-order chi connectivity index (χ1) is 9.38. The van der Waals surface area contributed by atoms with Crippen LogP contribution in [-0.4, -0.2) is 10.9 Å². The standard InChI is InChI=1S/C13H10F3N3O/c14-13(15,16)11-6-5-8(7-18-11)19-12(20)9-3-1-2-4-10(9)17/h1-7H,17H2,(H,19,20). The Bertz CT molecular complexity index is 624. The van der Waals surface area contributed by atoms with E-state index in [0.717, 1.165) is 18.3 Å². The Balaban J connectivity index is 2.15. The van der Waals surface area contributed by atoms with E-state index in [2.05, 4.69) is 10.3 Å². The van der Waals surface area contributed by atoms with Gasteiger partial charge in [-0.05, 0) is 24.3 Å². The molecule has 2 aromatic rings. The lowest BCUT2D eigenvalue weighted by Gasteiger charge is -2.09. The first kappa shape index (κ1) is 13.9. The number of para-hydroxylation sites is 1. The fourth-order valence-corrected chi connectivity index (χ4v) is 1.54. The third-order valence-corrected chi connectivity index (χ3v) is 2.52. The van der Waals surface area contributed by atoms with Gasteiger partial charge in [0.05, 0.1) is 17.4 Å². The summed E-state index contributed by atoms with van der Waals surface area (Å²) in [5.41, 5.74) is 5.30. The van der Waals surface area contributed by atoms with Crippen molar-refractivity contribution in [3.8, 4) is 0 Å². The Morgan fingerprint density at radius 1 is 1.15 bits per heavy atom. The zero-order valence-corrected chi connectivity index (χ0v) is 10.1. The van der Waals surface area contributed by atoms with E-state index >= 15 is 0 Å². The summed E-state index contributed by atoms with van der Waals surface area (Å²) in [5, 5.41) is 2.43. The van der Waals surface area contributed by atoms with Gasteiger partial charge in [-0.1, -0.05) is 12.1 Å². The molecular formula is C13H10F3N3O. The molecule has 1 aromatic carbocycles. The number of nitrogens with zero attached hydrogens (tertiary/aromatic N) is 1. The minimum absolute atomic E-state index is 0.159. The number of alkyl halides is 3. The normalized spacial score (nSPS) is 11.2. The number of nitrogen functional groups attached to an aromatic ring is 1. The smallest absolute Gasteiger partial charge is 0.398 e. The Morgan fingerprint density at radius 2 is 1.85 bits per heavy atom. The quantitative estimate of drug-likeness (QED) is 0.832. The number of halogens is 3. The molecule has 1 heterocycles. The summed E-state index contributed by atoms with van der Waals surface area (Å²) in [7, 11) is 0. The molecule has 20 heavy (non-hydrogen) atoms. The number of rotatable bonds is 2. The third kappa shape index (κ3) is 3.05. The Morgan fingerprint density at radius 3 is 2.40 bits per heavy atom. The number of hydrogen-bond donors (Lipinski definition) is 2. The second kappa shape index (κ2) is 5.20. The molecule has 0 unspecified atom stereocenters. The van der Waals surface area contributed by atoms with Gasteiger partial charge in [0.15, 0.2) is 0 Å². The molecule has 0 bridgehead atoms. The number of amides is 1. The first-order valence-corrected chi connectivity index (χ1v) is 5.57. The molecule has 2 rings (SSSR count). The average Bonchev–Trinajstić information content (AvgIpc) is 2.38. The van der Waals surface area contributed by atoms with Crippen LogP contribution in [0.25, 0.3) is 0 Å². The van der Waals surface area contributed by atoms with Crippen LogP contribution in [-0.2, 0) is 6.18 Å². The SMILES string of the molecule is Nc1ccccc1C(=O)Nc1ccc(C(F)(F)F)nc1. The third-order valence-electron chi connectivity index (χ3n) is 2.52. The molecule has 104 valence electrons. The van der Waals surface area contributed by atoms with Crippen LogP contribution in [0.5, 0.6) is 0 Å². The van der Waals surface area contributed by atoms with Crippen molar-refractivity contribution >= 4 is 17.3 Å². The molecule has 0 radical (unpaired) electrons. The minimum Gasteiger partial charge on any atom is -0.398 e. The zero-order chi connectivity index (χ0) is 14.8. The summed E-state index contributed by atoms with van der Waals surface area (Å²) in [6, 6.07) is 8.31. The highest BCUT2D eigenvalue weighted by molar-refractivity contribution is 6.07. The molecule has 0 fully saturated rings. The number of benzene rings is 1. The van der Waals surface area contributed by atoms with E-state index in [4.69, 9.17) is 5.73 Å². The maximum atomic E-state index is 12.3. The highest BCUT2D eigenvalue weighted by Crippen LogP contribution is 2.27. The van der Waals surface area contributed by atoms with Crippen molar-refractivity contribution in [3.05, 3.63) is 53.9 Å². The Kier molecular flexibility index (Phi) is 3.60. The molecule has 1 aromatic heterocycles. The molecule has 0 saturated carbocycles. The van der Waals surface area contributed by atoms with E-state index in [-0.39, 0.29) is 16.9 Å². The molecule has 1 amide bonds. The van der Waals surface area contributed by atoms with Crippen molar-refractivity contribution in [2.45, 2.75) is 6.18 Å². The number of aromatic nitrogens is 1. The highest BCUT2D eigenvalue weighted by Gasteiger charge is 2.32. The largest absolute Gasteiger partial charge is 0.433 e. The Hall–Kier alpha value is -2.57. The lowest BCUT2D eigenvalue weighted by atomic mass is 10.1. The van der Waals surface area contributed by atoms with E-state index in [1.54, 1.807) is 18.2 Å². The monoisotopic (exact) mass is 281 g/mol. The number of nitrogens with one attached hydrogen (secondary N) is 1. The van der Waals surface area contributed by atoms with Crippen LogP contribution in [0.4, 0.5) is 24.5 Å². The van der Waals surface area contributed by atoms with Gasteiger partial charge in [-0.15, -0.1) is 0 Å². The fraction of sp³-hybridized carbons (Fsp3) is 0.0769. The van der Waals surface area contributed by atoms with Crippen LogP contribution < -0.4 is 11.1 Å². The van der Waals surface area contributed by atoms with E-state index in [9.17, 15) is 18.0 Å². The van der Waals surface area contributed by atoms with Crippen molar-refractivity contribution in [1.29, 1.82) is 0 Å². The van der Waals surface area contributed by atoms with Crippen LogP contribution in [0.15, 0.2) is 42.6 Å². The minimum atomic E-state index is -4.51. The summed E-state index contributed by atoms with van der Waals surface area (Å²) < 4.78 is 37.0. The molecule has 0 saturated heterocycles. The lowest BCUT2D eigenvalue weighted by molar-refractivity contribution is -0.141. The van der Waals surface area contributed by atoms with Gasteiger partial charge >= 0.3 is 6.18 Å². The molecule has 0 aliphatic carbocycles. The molecule has 0 atom stereocenters. The van der Waals surface area contributed by atoms with Gasteiger partial charge < -0.3 is 11.1 Å². The topological polar surface area (TPSA) is 68.0 Å². The van der Waals surface area contributed by atoms with Gasteiger partial charge in [-0.2, -0.15) is 13.2 Å². The number of carbonyl (C=O) groups excluding carboxylic acids is 1. The number of hydrogen-bond acceptors (Lipinski definition) is 3. The van der Waals surface area contributed by atoms with Crippen molar-refractivity contribution in [3.63, 3.8) is 0 Å². The van der Waals surface area contributed by atoms with Gasteiger partial charge in [-0.3, -0.25) is 4.79 Å². The molecule has 4 nitrogen and oxygen atoms in total. The predicted octanol–water partition coefficient (Wildman–Crippen LogP) is 2.93. The number of anilines is 2. The van der Waals surface area contributed by atoms with Gasteiger partial charge in [0.25, 0.3) is 5.91 Å². The summed E-state index contributed by atoms with van der Waals surface area (Å²) in [4.78, 5) is 15.1. The van der Waals surface area contributed by atoms with Crippen LogP contribution in [0.1, 0.15) is 16.1 Å². The number of nitrogens with two attached hydrogens (primary N) is 1. The van der Waals surface area contributed by atoms with Crippen molar-refractivity contribution in [1.82, 2.24) is 4.98 Å². The summed E-state index contributed by atoms with van der Waals surface area (Å²) in [6.45, 7) is 0. The van der Waals surface area contributed by atoms with Crippen molar-refractivity contribution in [2.75, 3.05) is 11.1 Å². The highest BCUT2D eigenvalue weighted by atomic mass is 19.4. The van der Waals surface area contributed by atoms with Crippen molar-refractivity contribution in [2.24, 2.45) is 0 Å². The van der Waals surface area contributed by atoms with E-state index in [0.29, 0.717) is 0 Å². The van der Waals surface area contributed by atoms with E-state index in [1.165, 1.54) is 6.07 Å². The molecule has 7 heteroatoms. The molecule has 0 aliphatic heterocycles. The zero-order valence-electron chi connectivity index (χ0n) is 10.1. The van der Waals surface area contributed by atoms with Crippen LogP contribution >= 0.6 is 0 Å². The van der Waals surface area contributed by atoms with Gasteiger partial charge in [-0.25, -0.2) is 4.98 Å². The molecule has 3 N–H and O–H groups in total. The molecule has 0 spiro atoms. The number of carbonyl (C=O) groups is 1. The average molecular weight is 281 g/mol. The summed E-state index contributed by atoms with van der Waals surface area (Å²) in [5.74, 6) is -0.510. The summed E-state index contributed by atoms with van der Waals surface area (Å²) >= 11 is 0.